The van der Waals surface area contributed by atoms with Crippen LogP contribution in [-0.2, 0) is 10.8 Å². The van der Waals surface area contributed by atoms with Gasteiger partial charge in [0.05, 0.1) is 10.8 Å². The van der Waals surface area contributed by atoms with Crippen LogP contribution in [0.2, 0.25) is 0 Å². The molecule has 12 aromatic rings. The predicted octanol–water partition coefficient (Wildman–Crippen LogP) is 13.8. The third-order valence-electron chi connectivity index (χ3n) is 14.6. The van der Waals surface area contributed by atoms with Gasteiger partial charge in [0.25, 0.3) is 0 Å². The van der Waals surface area contributed by atoms with Gasteiger partial charge in [0, 0.05) is 34.3 Å². The summed E-state index contributed by atoms with van der Waals surface area (Å²) in [6, 6.07) is 82.6. The molecule has 0 amide bonds. The normalized spacial score (nSPS) is 13.7. The van der Waals surface area contributed by atoms with Crippen molar-refractivity contribution in [3.63, 3.8) is 0 Å². The zero-order valence-corrected chi connectivity index (χ0v) is 37.3. The van der Waals surface area contributed by atoms with Gasteiger partial charge in [-0.25, -0.2) is 19.5 Å². The summed E-state index contributed by atoms with van der Waals surface area (Å²) in [5.74, 6) is 1.55. The lowest BCUT2D eigenvalue weighted by atomic mass is 9.67. The maximum absolute atomic E-state index is 5.65. The molecule has 0 bridgehead atoms. The standard InChI is InChI=1S/C63H40N6/c1-5-21-41(22-6-1)62(42-23-7-2-8-24-42)51-35-15-13-29-47(51)55-49(31-17-37-53(55)62)57-66-58(68-61(67-57)69-59-45(33-19-39-64-59)46-34-20-40-65-60(46)69)50-32-18-38-54-56(50)48-30-14-16-36-52(48)63(54,43-25-9-3-10-26-43)44-27-11-4-12-28-44/h1-40H. The van der Waals surface area contributed by atoms with E-state index in [1.807, 2.05) is 29.1 Å². The molecule has 0 aliphatic heterocycles. The lowest BCUT2D eigenvalue weighted by molar-refractivity contribution is 0.768. The Morgan fingerprint density at radius 3 is 1.04 bits per heavy atom. The minimum absolute atomic E-state index is 0.440. The van der Waals surface area contributed by atoms with Crippen molar-refractivity contribution in [3.8, 4) is 51.0 Å². The summed E-state index contributed by atoms with van der Waals surface area (Å²) in [4.78, 5) is 26.7. The van der Waals surface area contributed by atoms with Gasteiger partial charge < -0.3 is 0 Å². The highest BCUT2D eigenvalue weighted by Crippen LogP contribution is 2.60. The Labute approximate surface area is 399 Å². The van der Waals surface area contributed by atoms with Crippen LogP contribution in [0.15, 0.2) is 243 Å². The highest BCUT2D eigenvalue weighted by Gasteiger charge is 2.49. The van der Waals surface area contributed by atoms with Crippen molar-refractivity contribution in [2.75, 3.05) is 0 Å². The zero-order valence-electron chi connectivity index (χ0n) is 37.3. The molecule has 322 valence electrons. The van der Waals surface area contributed by atoms with E-state index in [1.165, 1.54) is 44.5 Å². The van der Waals surface area contributed by atoms with Crippen LogP contribution in [0.5, 0.6) is 0 Å². The van der Waals surface area contributed by atoms with Crippen LogP contribution < -0.4 is 0 Å². The van der Waals surface area contributed by atoms with E-state index in [2.05, 4.69) is 218 Å². The maximum atomic E-state index is 5.65. The second-order valence-corrected chi connectivity index (χ2v) is 17.9. The first-order chi connectivity index (χ1) is 34.3. The summed E-state index contributed by atoms with van der Waals surface area (Å²) in [7, 11) is 0. The molecular formula is C63H40N6. The van der Waals surface area contributed by atoms with Crippen molar-refractivity contribution in [2.24, 2.45) is 0 Å². The summed E-state index contributed by atoms with van der Waals surface area (Å²) in [6.07, 6.45) is 3.64. The smallest absolute Gasteiger partial charge is 0.241 e. The average Bonchev–Trinajstić information content (AvgIpc) is 4.05. The van der Waals surface area contributed by atoms with Gasteiger partial charge in [0.1, 0.15) is 11.3 Å². The molecule has 8 aromatic carbocycles. The number of pyridine rings is 2. The number of aromatic nitrogens is 6. The van der Waals surface area contributed by atoms with Crippen LogP contribution in [0, 0.1) is 0 Å². The van der Waals surface area contributed by atoms with Crippen LogP contribution in [0.4, 0.5) is 0 Å². The number of benzene rings is 8. The van der Waals surface area contributed by atoms with E-state index in [0.717, 1.165) is 55.4 Å². The highest BCUT2D eigenvalue weighted by molar-refractivity contribution is 6.06. The Balaban J connectivity index is 1.10. The number of rotatable bonds is 7. The van der Waals surface area contributed by atoms with Gasteiger partial charge in [-0.1, -0.05) is 206 Å². The molecule has 0 spiro atoms. The van der Waals surface area contributed by atoms with Crippen LogP contribution in [-0.4, -0.2) is 29.5 Å². The van der Waals surface area contributed by atoms with E-state index in [-0.39, 0.29) is 0 Å². The summed E-state index contributed by atoms with van der Waals surface area (Å²) in [6.45, 7) is 0. The summed E-state index contributed by atoms with van der Waals surface area (Å²) < 4.78 is 2.00. The van der Waals surface area contributed by atoms with Crippen molar-refractivity contribution < 1.29 is 0 Å². The van der Waals surface area contributed by atoms with Gasteiger partial charge in [-0.15, -0.1) is 0 Å². The molecule has 2 aliphatic rings. The molecule has 0 radical (unpaired) electrons. The minimum Gasteiger partial charge on any atom is -0.245 e. The minimum atomic E-state index is -0.605. The predicted molar refractivity (Wildman–Crippen MR) is 275 cm³/mol. The number of nitrogens with zero attached hydrogens (tertiary/aromatic N) is 6. The zero-order chi connectivity index (χ0) is 45.5. The fraction of sp³-hybridized carbons (Fsp3) is 0.0317. The van der Waals surface area contributed by atoms with E-state index in [9.17, 15) is 0 Å². The quantitative estimate of drug-likeness (QED) is 0.159. The molecule has 6 nitrogen and oxygen atoms in total. The Morgan fingerprint density at radius 2 is 0.638 bits per heavy atom. The van der Waals surface area contributed by atoms with Gasteiger partial charge >= 0.3 is 0 Å². The Morgan fingerprint density at radius 1 is 0.290 bits per heavy atom. The van der Waals surface area contributed by atoms with Gasteiger partial charge in [-0.3, -0.25) is 0 Å². The van der Waals surface area contributed by atoms with E-state index in [0.29, 0.717) is 17.6 Å². The lowest BCUT2D eigenvalue weighted by Gasteiger charge is -2.34. The monoisotopic (exact) mass is 880 g/mol. The fourth-order valence-electron chi connectivity index (χ4n) is 11.9. The molecular weight excluding hydrogens is 841 g/mol. The first-order valence-corrected chi connectivity index (χ1v) is 23.4. The number of hydrogen-bond donors (Lipinski definition) is 0. The molecule has 6 heteroatoms. The molecule has 0 N–H and O–H groups in total. The fourth-order valence-corrected chi connectivity index (χ4v) is 11.9. The second-order valence-electron chi connectivity index (χ2n) is 17.9. The lowest BCUT2D eigenvalue weighted by Crippen LogP contribution is -2.28. The molecule has 0 saturated carbocycles. The van der Waals surface area contributed by atoms with Crippen LogP contribution in [0.3, 0.4) is 0 Å². The molecule has 4 aromatic heterocycles. The van der Waals surface area contributed by atoms with Crippen molar-refractivity contribution in [3.05, 3.63) is 287 Å². The van der Waals surface area contributed by atoms with Crippen LogP contribution in [0.25, 0.3) is 73.0 Å². The van der Waals surface area contributed by atoms with Gasteiger partial charge in [-0.05, 0) is 91.0 Å². The summed E-state index contributed by atoms with van der Waals surface area (Å²) in [5.41, 5.74) is 16.1. The largest absolute Gasteiger partial charge is 0.245 e. The Kier molecular flexibility index (Phi) is 8.61. The van der Waals surface area contributed by atoms with Crippen LogP contribution >= 0.6 is 0 Å². The topological polar surface area (TPSA) is 69.4 Å². The first kappa shape index (κ1) is 39.1. The van der Waals surface area contributed by atoms with E-state index in [1.54, 1.807) is 0 Å². The third kappa shape index (κ3) is 5.45. The second kappa shape index (κ2) is 15.2. The van der Waals surface area contributed by atoms with Crippen molar-refractivity contribution in [1.82, 2.24) is 29.5 Å². The maximum Gasteiger partial charge on any atom is 0.241 e. The number of fused-ring (bicyclic) bond motifs is 9. The first-order valence-electron chi connectivity index (χ1n) is 23.4. The molecule has 2 aliphatic carbocycles. The van der Waals surface area contributed by atoms with Crippen molar-refractivity contribution in [2.45, 2.75) is 10.8 Å². The third-order valence-corrected chi connectivity index (χ3v) is 14.6. The van der Waals surface area contributed by atoms with Gasteiger partial charge in [0.15, 0.2) is 11.6 Å². The van der Waals surface area contributed by atoms with Gasteiger partial charge in [-0.2, -0.15) is 9.97 Å². The SMILES string of the molecule is c1ccc(C2(c3ccccc3)c3ccccc3-c3c(-c4nc(-c5cccc6c5-c5ccccc5C6(c5ccccc5)c5ccccc5)nc(-n5c6ncccc6c6cccnc65)n4)cccc32)cc1. The van der Waals surface area contributed by atoms with E-state index >= 15 is 0 Å². The molecule has 69 heavy (non-hydrogen) atoms. The highest BCUT2D eigenvalue weighted by atomic mass is 15.2. The van der Waals surface area contributed by atoms with E-state index in [4.69, 9.17) is 24.9 Å². The molecule has 0 unspecified atom stereocenters. The molecule has 0 atom stereocenters. The van der Waals surface area contributed by atoms with Crippen molar-refractivity contribution in [1.29, 1.82) is 0 Å². The van der Waals surface area contributed by atoms with E-state index < -0.39 is 10.8 Å². The molecule has 0 fully saturated rings. The summed E-state index contributed by atoms with van der Waals surface area (Å²) >= 11 is 0. The average molecular weight is 881 g/mol. The molecule has 0 saturated heterocycles. The van der Waals surface area contributed by atoms with Gasteiger partial charge in [0.2, 0.25) is 5.95 Å². The Hall–Kier alpha value is -9.13. The van der Waals surface area contributed by atoms with Crippen LogP contribution in [0.1, 0.15) is 44.5 Å². The Bertz CT molecular complexity index is 3630. The summed E-state index contributed by atoms with van der Waals surface area (Å²) in [5, 5.41) is 1.94. The van der Waals surface area contributed by atoms with Crippen molar-refractivity contribution >= 4 is 22.1 Å². The molecule has 14 rings (SSSR count). The number of hydrogen-bond acceptors (Lipinski definition) is 5. The molecule has 4 heterocycles.